The van der Waals surface area contributed by atoms with Crippen molar-refractivity contribution in [3.8, 4) is 27.9 Å². The van der Waals surface area contributed by atoms with Crippen molar-refractivity contribution in [2.24, 2.45) is 0 Å². The van der Waals surface area contributed by atoms with Gasteiger partial charge in [-0.3, -0.25) is 4.79 Å². The largest absolute Gasteiger partial charge is 0.484 e. The molecule has 0 atom stereocenters. The van der Waals surface area contributed by atoms with Gasteiger partial charge in [0.05, 0.1) is 4.88 Å². The number of ether oxygens (including phenoxy) is 1. The van der Waals surface area contributed by atoms with Crippen LogP contribution in [0.25, 0.3) is 22.2 Å². The minimum atomic E-state index is -0.228. The van der Waals surface area contributed by atoms with E-state index in [-0.39, 0.29) is 12.5 Å². The number of nitrogens with one attached hydrogen (secondary N) is 1. The number of anilines is 1. The summed E-state index contributed by atoms with van der Waals surface area (Å²) >= 11 is 1.54. The third kappa shape index (κ3) is 4.27. The van der Waals surface area contributed by atoms with Crippen LogP contribution in [-0.2, 0) is 4.79 Å². The normalized spacial score (nSPS) is 10.6. The maximum atomic E-state index is 12.1. The smallest absolute Gasteiger partial charge is 0.268 e. The van der Waals surface area contributed by atoms with Gasteiger partial charge >= 0.3 is 0 Å². The maximum absolute atomic E-state index is 12.1. The van der Waals surface area contributed by atoms with Crippen molar-refractivity contribution in [2.75, 3.05) is 11.9 Å². The summed E-state index contributed by atoms with van der Waals surface area (Å²) in [4.78, 5) is 17.4. The molecule has 0 radical (unpaired) electrons. The van der Waals surface area contributed by atoms with Gasteiger partial charge in [-0.1, -0.05) is 41.1 Å². The van der Waals surface area contributed by atoms with E-state index in [1.54, 1.807) is 12.1 Å². The topological polar surface area (TPSA) is 77.2 Å². The van der Waals surface area contributed by atoms with Gasteiger partial charge in [-0.05, 0) is 42.6 Å². The van der Waals surface area contributed by atoms with Crippen LogP contribution in [-0.4, -0.2) is 22.7 Å². The van der Waals surface area contributed by atoms with Crippen LogP contribution in [0.15, 0.2) is 70.6 Å². The van der Waals surface area contributed by atoms with Crippen molar-refractivity contribution in [1.82, 2.24) is 10.1 Å². The Labute approximate surface area is 165 Å². The molecular weight excluding hydrogens is 374 g/mol. The summed E-state index contributed by atoms with van der Waals surface area (Å²) < 4.78 is 10.9. The number of hydrogen-bond donors (Lipinski definition) is 1. The lowest BCUT2D eigenvalue weighted by molar-refractivity contribution is -0.118. The van der Waals surface area contributed by atoms with Gasteiger partial charge in [0.2, 0.25) is 5.82 Å². The average Bonchev–Trinajstić information content (AvgIpc) is 3.40. The monoisotopic (exact) mass is 391 g/mol. The summed E-state index contributed by atoms with van der Waals surface area (Å²) in [5.74, 6) is 1.28. The van der Waals surface area contributed by atoms with Gasteiger partial charge in [0.1, 0.15) is 5.75 Å². The summed E-state index contributed by atoms with van der Waals surface area (Å²) in [7, 11) is 0. The summed E-state index contributed by atoms with van der Waals surface area (Å²) in [5, 5.41) is 8.78. The maximum Gasteiger partial charge on any atom is 0.268 e. The molecule has 28 heavy (non-hydrogen) atoms. The first-order chi connectivity index (χ1) is 13.7. The van der Waals surface area contributed by atoms with Crippen LogP contribution in [0.4, 0.5) is 5.69 Å². The number of benzene rings is 2. The van der Waals surface area contributed by atoms with Crippen LogP contribution in [0, 0.1) is 6.92 Å². The van der Waals surface area contributed by atoms with Crippen molar-refractivity contribution >= 4 is 22.9 Å². The van der Waals surface area contributed by atoms with Crippen molar-refractivity contribution < 1.29 is 14.1 Å². The fraction of sp³-hybridized carbons (Fsp3) is 0.0952. The van der Waals surface area contributed by atoms with E-state index in [1.807, 2.05) is 60.8 Å². The van der Waals surface area contributed by atoms with Crippen LogP contribution in [0.3, 0.4) is 0 Å². The van der Waals surface area contributed by atoms with E-state index in [0.29, 0.717) is 17.5 Å². The van der Waals surface area contributed by atoms with E-state index in [4.69, 9.17) is 9.26 Å². The zero-order valence-corrected chi connectivity index (χ0v) is 15.9. The van der Waals surface area contributed by atoms with E-state index >= 15 is 0 Å². The van der Waals surface area contributed by atoms with Gasteiger partial charge in [0, 0.05) is 11.3 Å². The fourth-order valence-electron chi connectivity index (χ4n) is 2.55. The van der Waals surface area contributed by atoms with Crippen LogP contribution in [0.5, 0.6) is 5.75 Å². The second-order valence-corrected chi connectivity index (χ2v) is 7.08. The first kappa shape index (κ1) is 17.9. The lowest BCUT2D eigenvalue weighted by Gasteiger charge is -2.08. The Kier molecular flexibility index (Phi) is 5.16. The Morgan fingerprint density at radius 1 is 1.14 bits per heavy atom. The summed E-state index contributed by atoms with van der Waals surface area (Å²) in [6.45, 7) is 1.90. The second-order valence-electron chi connectivity index (χ2n) is 6.13. The molecule has 4 rings (SSSR count). The Balaban J connectivity index is 1.40. The Hall–Kier alpha value is -3.45. The van der Waals surface area contributed by atoms with Crippen molar-refractivity contribution in [3.05, 3.63) is 71.6 Å². The van der Waals surface area contributed by atoms with Gasteiger partial charge in [0.15, 0.2) is 6.61 Å². The molecule has 6 nitrogen and oxygen atoms in total. The summed E-state index contributed by atoms with van der Waals surface area (Å²) in [5.41, 5.74) is 2.62. The van der Waals surface area contributed by atoms with E-state index in [0.717, 1.165) is 21.7 Å². The molecule has 0 spiro atoms. The number of amides is 1. The Bertz CT molecular complexity index is 1070. The molecule has 1 N–H and O–H groups in total. The molecule has 0 unspecified atom stereocenters. The van der Waals surface area contributed by atoms with E-state index < -0.39 is 0 Å². The molecule has 0 bridgehead atoms. The number of carbonyl (C=O) groups excluding carboxylic acids is 1. The molecule has 0 aliphatic carbocycles. The van der Waals surface area contributed by atoms with Gasteiger partial charge < -0.3 is 14.6 Å². The molecule has 0 fully saturated rings. The standard InChI is InChI=1S/C21H17N3O3S/c1-14-7-9-16(10-8-14)22-19(25)13-26-17-5-2-4-15(12-17)20-23-21(27-24-20)18-6-3-11-28-18/h2-12H,13H2,1H3,(H,22,25). The molecule has 2 aromatic carbocycles. The predicted molar refractivity (Wildman–Crippen MR) is 108 cm³/mol. The van der Waals surface area contributed by atoms with E-state index in [2.05, 4.69) is 15.5 Å². The fourth-order valence-corrected chi connectivity index (χ4v) is 3.19. The van der Waals surface area contributed by atoms with Gasteiger partial charge in [-0.15, -0.1) is 11.3 Å². The van der Waals surface area contributed by atoms with Gasteiger partial charge in [-0.25, -0.2) is 0 Å². The molecule has 1 amide bonds. The summed E-state index contributed by atoms with van der Waals surface area (Å²) in [6, 6.07) is 18.7. The number of thiophene rings is 1. The lowest BCUT2D eigenvalue weighted by Crippen LogP contribution is -2.20. The van der Waals surface area contributed by atoms with Crippen molar-refractivity contribution in [1.29, 1.82) is 0 Å². The molecule has 0 saturated carbocycles. The first-order valence-corrected chi connectivity index (χ1v) is 9.53. The molecule has 0 saturated heterocycles. The van der Waals surface area contributed by atoms with E-state index in [9.17, 15) is 4.79 Å². The Morgan fingerprint density at radius 3 is 2.79 bits per heavy atom. The molecule has 7 heteroatoms. The van der Waals surface area contributed by atoms with Crippen molar-refractivity contribution in [2.45, 2.75) is 6.92 Å². The third-order valence-corrected chi connectivity index (χ3v) is 4.81. The van der Waals surface area contributed by atoms with Crippen LogP contribution >= 0.6 is 11.3 Å². The summed E-state index contributed by atoms with van der Waals surface area (Å²) in [6.07, 6.45) is 0. The number of nitrogens with zero attached hydrogens (tertiary/aromatic N) is 2. The molecular formula is C21H17N3O3S. The number of aromatic nitrogens is 2. The molecule has 0 aliphatic rings. The van der Waals surface area contributed by atoms with E-state index in [1.165, 1.54) is 11.3 Å². The highest BCUT2D eigenvalue weighted by molar-refractivity contribution is 7.13. The highest BCUT2D eigenvalue weighted by Gasteiger charge is 2.12. The minimum absolute atomic E-state index is 0.0932. The molecule has 140 valence electrons. The van der Waals surface area contributed by atoms with Gasteiger partial charge in [-0.2, -0.15) is 4.98 Å². The third-order valence-electron chi connectivity index (χ3n) is 3.96. The SMILES string of the molecule is Cc1ccc(NC(=O)COc2cccc(-c3noc(-c4cccs4)n3)c2)cc1. The average molecular weight is 391 g/mol. The zero-order valence-electron chi connectivity index (χ0n) is 15.1. The van der Waals surface area contributed by atoms with Crippen LogP contribution in [0.2, 0.25) is 0 Å². The minimum Gasteiger partial charge on any atom is -0.484 e. The predicted octanol–water partition coefficient (Wildman–Crippen LogP) is 4.79. The number of aryl methyl sites for hydroxylation is 1. The molecule has 4 aromatic rings. The molecule has 0 aliphatic heterocycles. The number of carbonyl (C=O) groups is 1. The molecule has 2 aromatic heterocycles. The quantitative estimate of drug-likeness (QED) is 0.511. The van der Waals surface area contributed by atoms with Crippen LogP contribution < -0.4 is 10.1 Å². The van der Waals surface area contributed by atoms with Crippen molar-refractivity contribution in [3.63, 3.8) is 0 Å². The second kappa shape index (κ2) is 8.06. The number of rotatable bonds is 6. The van der Waals surface area contributed by atoms with Gasteiger partial charge in [0.25, 0.3) is 11.8 Å². The molecule has 2 heterocycles. The first-order valence-electron chi connectivity index (χ1n) is 8.65. The highest BCUT2D eigenvalue weighted by Crippen LogP contribution is 2.27. The van der Waals surface area contributed by atoms with Crippen LogP contribution in [0.1, 0.15) is 5.56 Å². The number of hydrogen-bond acceptors (Lipinski definition) is 6. The zero-order chi connectivity index (χ0) is 19.3. The highest BCUT2D eigenvalue weighted by atomic mass is 32.1. The lowest BCUT2D eigenvalue weighted by atomic mass is 10.2. The Morgan fingerprint density at radius 2 is 2.00 bits per heavy atom.